The summed E-state index contributed by atoms with van der Waals surface area (Å²) in [5.74, 6) is 0. The van der Waals surface area contributed by atoms with Crippen molar-refractivity contribution in [1.82, 2.24) is 9.80 Å². The summed E-state index contributed by atoms with van der Waals surface area (Å²) in [6.45, 7) is 6.77. The van der Waals surface area contributed by atoms with Gasteiger partial charge in [0, 0.05) is 37.8 Å². The molecule has 0 aromatic heterocycles. The van der Waals surface area contributed by atoms with E-state index < -0.39 is 0 Å². The Labute approximate surface area is 80.9 Å². The Kier molecular flexibility index (Phi) is 2.34. The number of hydrogen-bond donors (Lipinski definition) is 1. The normalized spacial score (nSPS) is 34.8. The van der Waals surface area contributed by atoms with Crippen LogP contribution in [0, 0.1) is 0 Å². The summed E-state index contributed by atoms with van der Waals surface area (Å²) in [7, 11) is 2.20. The highest BCUT2D eigenvalue weighted by Crippen LogP contribution is 2.42. The maximum absolute atomic E-state index is 5.84. The number of rotatable bonds is 2. The van der Waals surface area contributed by atoms with Crippen molar-refractivity contribution < 1.29 is 0 Å². The zero-order valence-corrected chi connectivity index (χ0v) is 8.79. The van der Waals surface area contributed by atoms with Crippen LogP contribution in [0.3, 0.4) is 0 Å². The van der Waals surface area contributed by atoms with Crippen LogP contribution in [0.2, 0.25) is 0 Å². The molecule has 0 bridgehead atoms. The molecule has 0 aromatic carbocycles. The molecule has 0 spiro atoms. The minimum Gasteiger partial charge on any atom is -0.329 e. The summed E-state index contributed by atoms with van der Waals surface area (Å²) in [6, 6.07) is 0.685. The molecule has 1 aliphatic carbocycles. The highest BCUT2D eigenvalue weighted by molar-refractivity contribution is 5.07. The quantitative estimate of drug-likeness (QED) is 0.660. The van der Waals surface area contributed by atoms with Crippen LogP contribution in [0.1, 0.15) is 19.8 Å². The van der Waals surface area contributed by atoms with E-state index in [1.54, 1.807) is 0 Å². The third-order valence-electron chi connectivity index (χ3n) is 3.65. The minimum absolute atomic E-state index is 0.403. The predicted octanol–water partition coefficient (Wildman–Crippen LogP) is 0.114. The van der Waals surface area contributed by atoms with Gasteiger partial charge in [0.05, 0.1) is 0 Å². The largest absolute Gasteiger partial charge is 0.329 e. The fourth-order valence-electron chi connectivity index (χ4n) is 2.60. The van der Waals surface area contributed by atoms with Crippen LogP contribution in [-0.2, 0) is 0 Å². The topological polar surface area (TPSA) is 32.5 Å². The Hall–Kier alpha value is -0.120. The average molecular weight is 183 g/mol. The summed E-state index contributed by atoms with van der Waals surface area (Å²) in [4.78, 5) is 5.04. The molecular weight excluding hydrogens is 162 g/mol. The van der Waals surface area contributed by atoms with Gasteiger partial charge in [-0.05, 0) is 26.8 Å². The van der Waals surface area contributed by atoms with Crippen LogP contribution in [0.4, 0.5) is 0 Å². The highest BCUT2D eigenvalue weighted by atomic mass is 15.3. The van der Waals surface area contributed by atoms with Crippen LogP contribution in [0.25, 0.3) is 0 Å². The fraction of sp³-hybridized carbons (Fsp3) is 1.00. The second-order valence-corrected chi connectivity index (χ2v) is 4.73. The smallest absolute Gasteiger partial charge is 0.0337 e. The molecule has 2 N–H and O–H groups in total. The second kappa shape index (κ2) is 3.23. The van der Waals surface area contributed by atoms with Gasteiger partial charge in [0.15, 0.2) is 0 Å². The third kappa shape index (κ3) is 1.60. The molecule has 13 heavy (non-hydrogen) atoms. The zero-order valence-electron chi connectivity index (χ0n) is 8.79. The summed E-state index contributed by atoms with van der Waals surface area (Å²) >= 11 is 0. The Morgan fingerprint density at radius 3 is 2.54 bits per heavy atom. The molecule has 1 aliphatic heterocycles. The molecular formula is C10H21N3. The Morgan fingerprint density at radius 1 is 1.38 bits per heavy atom. The van der Waals surface area contributed by atoms with Crippen molar-refractivity contribution in [2.75, 3.05) is 33.2 Å². The van der Waals surface area contributed by atoms with E-state index in [2.05, 4.69) is 23.8 Å². The number of likely N-dealkylation sites (N-methyl/N-ethyl adjacent to an activating group) is 1. The molecule has 1 saturated carbocycles. The van der Waals surface area contributed by atoms with Crippen LogP contribution in [0.5, 0.6) is 0 Å². The number of piperazine rings is 1. The van der Waals surface area contributed by atoms with Crippen molar-refractivity contribution in [3.63, 3.8) is 0 Å². The lowest BCUT2D eigenvalue weighted by Crippen LogP contribution is -2.57. The molecule has 76 valence electrons. The predicted molar refractivity (Wildman–Crippen MR) is 54.7 cm³/mol. The van der Waals surface area contributed by atoms with Gasteiger partial charge in [-0.1, -0.05) is 0 Å². The monoisotopic (exact) mass is 183 g/mol. The molecule has 0 amide bonds. The first-order valence-electron chi connectivity index (χ1n) is 5.33. The summed E-state index contributed by atoms with van der Waals surface area (Å²) in [5, 5.41) is 0. The molecule has 1 unspecified atom stereocenters. The van der Waals surface area contributed by atoms with E-state index in [4.69, 9.17) is 5.73 Å². The van der Waals surface area contributed by atoms with Gasteiger partial charge < -0.3 is 10.6 Å². The van der Waals surface area contributed by atoms with E-state index in [-0.39, 0.29) is 0 Å². The SMILES string of the molecule is CC1CN(C)CCN1C1(CN)CC1. The molecule has 2 rings (SSSR count). The Morgan fingerprint density at radius 2 is 2.08 bits per heavy atom. The fourth-order valence-corrected chi connectivity index (χ4v) is 2.60. The molecule has 2 aliphatic rings. The molecule has 3 heteroatoms. The molecule has 0 radical (unpaired) electrons. The zero-order chi connectivity index (χ0) is 9.47. The van der Waals surface area contributed by atoms with Gasteiger partial charge in [-0.25, -0.2) is 0 Å². The van der Waals surface area contributed by atoms with Gasteiger partial charge in [-0.3, -0.25) is 4.90 Å². The van der Waals surface area contributed by atoms with Gasteiger partial charge in [-0.2, -0.15) is 0 Å². The standard InChI is InChI=1S/C10H21N3/c1-9-7-12(2)5-6-13(9)10(8-11)3-4-10/h9H,3-8,11H2,1-2H3. The van der Waals surface area contributed by atoms with E-state index in [9.17, 15) is 0 Å². The molecule has 1 atom stereocenters. The molecule has 2 fully saturated rings. The van der Waals surface area contributed by atoms with E-state index in [1.165, 1.54) is 32.5 Å². The van der Waals surface area contributed by atoms with Crippen LogP contribution in [-0.4, -0.2) is 54.6 Å². The lowest BCUT2D eigenvalue weighted by atomic mass is 10.1. The Balaban J connectivity index is 1.99. The summed E-state index contributed by atoms with van der Waals surface area (Å²) in [6.07, 6.45) is 2.63. The van der Waals surface area contributed by atoms with Crippen molar-refractivity contribution in [2.45, 2.75) is 31.3 Å². The van der Waals surface area contributed by atoms with Gasteiger partial charge >= 0.3 is 0 Å². The first-order valence-corrected chi connectivity index (χ1v) is 5.33. The number of nitrogens with two attached hydrogens (primary N) is 1. The van der Waals surface area contributed by atoms with Gasteiger partial charge in [0.2, 0.25) is 0 Å². The maximum atomic E-state index is 5.84. The van der Waals surface area contributed by atoms with Crippen LogP contribution < -0.4 is 5.73 Å². The minimum atomic E-state index is 0.403. The van der Waals surface area contributed by atoms with E-state index in [0.29, 0.717) is 11.6 Å². The number of hydrogen-bond acceptors (Lipinski definition) is 3. The van der Waals surface area contributed by atoms with Gasteiger partial charge in [0.1, 0.15) is 0 Å². The molecule has 0 aromatic rings. The third-order valence-corrected chi connectivity index (χ3v) is 3.65. The highest BCUT2D eigenvalue weighted by Gasteiger charge is 2.49. The molecule has 1 heterocycles. The number of nitrogens with zero attached hydrogens (tertiary/aromatic N) is 2. The van der Waals surface area contributed by atoms with Crippen molar-refractivity contribution in [3.8, 4) is 0 Å². The summed E-state index contributed by atoms with van der Waals surface area (Å²) < 4.78 is 0. The van der Waals surface area contributed by atoms with E-state index >= 15 is 0 Å². The second-order valence-electron chi connectivity index (χ2n) is 4.73. The van der Waals surface area contributed by atoms with Crippen molar-refractivity contribution in [3.05, 3.63) is 0 Å². The van der Waals surface area contributed by atoms with Crippen molar-refractivity contribution >= 4 is 0 Å². The Bertz CT molecular complexity index is 189. The first-order chi connectivity index (χ1) is 6.18. The van der Waals surface area contributed by atoms with Crippen LogP contribution >= 0.6 is 0 Å². The lowest BCUT2D eigenvalue weighted by Gasteiger charge is -2.43. The average Bonchev–Trinajstić information content (AvgIpc) is 2.85. The van der Waals surface area contributed by atoms with Gasteiger partial charge in [-0.15, -0.1) is 0 Å². The molecule has 1 saturated heterocycles. The van der Waals surface area contributed by atoms with Crippen molar-refractivity contribution in [2.24, 2.45) is 5.73 Å². The maximum Gasteiger partial charge on any atom is 0.0337 e. The summed E-state index contributed by atoms with van der Waals surface area (Å²) in [5.41, 5.74) is 6.24. The van der Waals surface area contributed by atoms with Crippen molar-refractivity contribution in [1.29, 1.82) is 0 Å². The van der Waals surface area contributed by atoms with E-state index in [0.717, 1.165) is 6.54 Å². The molecule has 3 nitrogen and oxygen atoms in total. The van der Waals surface area contributed by atoms with Gasteiger partial charge in [0.25, 0.3) is 0 Å². The van der Waals surface area contributed by atoms with E-state index in [1.807, 2.05) is 0 Å². The lowest BCUT2D eigenvalue weighted by molar-refractivity contribution is 0.0528. The van der Waals surface area contributed by atoms with Crippen LogP contribution in [0.15, 0.2) is 0 Å². The first kappa shape index (κ1) is 9.44.